The first-order valence-corrected chi connectivity index (χ1v) is 15.7. The zero-order valence-electron chi connectivity index (χ0n) is 25.2. The fourth-order valence-corrected chi connectivity index (χ4v) is 12.6. The number of esters is 1. The van der Waals surface area contributed by atoms with Crippen LogP contribution in [0.15, 0.2) is 0 Å². The summed E-state index contributed by atoms with van der Waals surface area (Å²) in [5.41, 5.74) is 7.14. The van der Waals surface area contributed by atoms with E-state index in [1.54, 1.807) is 6.92 Å². The lowest BCUT2D eigenvalue weighted by Gasteiger charge is -2.73. The molecule has 212 valence electrons. The maximum absolute atomic E-state index is 11.9. The summed E-state index contributed by atoms with van der Waals surface area (Å²) in [5, 5.41) is 11.4. The van der Waals surface area contributed by atoms with Gasteiger partial charge in [0.15, 0.2) is 0 Å². The Labute approximate surface area is 227 Å². The maximum atomic E-state index is 11.9. The van der Waals surface area contributed by atoms with Gasteiger partial charge in [-0.05, 0) is 116 Å². The highest BCUT2D eigenvalue weighted by atomic mass is 16.5. The molecular weight excluding hydrogens is 458 g/mol. The number of hydrogen-bond acceptors (Lipinski definition) is 4. The highest BCUT2D eigenvalue weighted by Gasteiger charge is 2.71. The number of ether oxygens (including phenoxy) is 1. The number of aliphatic hydroxyl groups excluding tert-OH is 1. The number of nitrogens with two attached hydrogens (primary N) is 1. The molecule has 0 aromatic heterocycles. The summed E-state index contributed by atoms with van der Waals surface area (Å²) in [7, 11) is 0. The van der Waals surface area contributed by atoms with E-state index in [0.29, 0.717) is 58.3 Å². The number of aliphatic hydroxyl groups is 1. The summed E-state index contributed by atoms with van der Waals surface area (Å²) in [6.45, 7) is 19.6. The molecule has 3 N–H and O–H groups in total. The molecule has 5 aliphatic carbocycles. The van der Waals surface area contributed by atoms with Crippen LogP contribution in [0.3, 0.4) is 0 Å². The van der Waals surface area contributed by atoms with E-state index >= 15 is 0 Å². The van der Waals surface area contributed by atoms with E-state index in [0.717, 1.165) is 19.3 Å². The molecule has 11 atom stereocenters. The second kappa shape index (κ2) is 8.95. The van der Waals surface area contributed by atoms with E-state index < -0.39 is 0 Å². The van der Waals surface area contributed by atoms with Crippen LogP contribution in [0.1, 0.15) is 120 Å². The lowest BCUT2D eigenvalue weighted by Crippen LogP contribution is -2.67. The SMILES string of the molecule is CC(=O)O[C@H]1CC[C@@]2(C)C(CC[C@]3(C)[C@@H]2CC[C@@H]2C4C(C(C)C)CC[C@]4(C(O)CN)CC[C@]23C)C1(C)C. The molecule has 4 nitrogen and oxygen atoms in total. The van der Waals surface area contributed by atoms with Crippen molar-refractivity contribution >= 4 is 5.97 Å². The Balaban J connectivity index is 1.51. The summed E-state index contributed by atoms with van der Waals surface area (Å²) < 4.78 is 5.92. The molecule has 5 rings (SSSR count). The van der Waals surface area contributed by atoms with Crippen LogP contribution in [0.25, 0.3) is 0 Å². The molecule has 0 heterocycles. The standard InChI is InChI=1S/C33H57NO3/c1-20(2)22-11-16-33(26(36)19-34)18-17-31(7)23(28(22)33)9-10-25-30(6)14-13-27(37-21(3)35)29(4,5)24(30)12-15-32(25,31)8/h20,22-28,36H,9-19,34H2,1-8H3/t22?,23-,24?,25-,26?,27+,28?,30+,31-,32-,33-/m1/s1. The minimum Gasteiger partial charge on any atom is -0.462 e. The van der Waals surface area contributed by atoms with Gasteiger partial charge in [0.1, 0.15) is 6.10 Å². The predicted molar refractivity (Wildman–Crippen MR) is 150 cm³/mol. The minimum atomic E-state index is -0.359. The molecule has 5 fully saturated rings. The first kappa shape index (κ1) is 27.9. The number of hydrogen-bond donors (Lipinski definition) is 2. The third-order valence-electron chi connectivity index (χ3n) is 14.5. The molecular formula is C33H57NO3. The predicted octanol–water partition coefficient (Wildman–Crippen LogP) is 6.98. The quantitative estimate of drug-likeness (QED) is 0.396. The van der Waals surface area contributed by atoms with Crippen molar-refractivity contribution in [3.8, 4) is 0 Å². The number of carbonyl (C=O) groups excluding carboxylic acids is 1. The van der Waals surface area contributed by atoms with Crippen LogP contribution in [-0.2, 0) is 9.53 Å². The van der Waals surface area contributed by atoms with Gasteiger partial charge in [0, 0.05) is 24.3 Å². The molecule has 4 unspecified atom stereocenters. The highest BCUT2D eigenvalue weighted by molar-refractivity contribution is 5.66. The first-order valence-electron chi connectivity index (χ1n) is 15.7. The monoisotopic (exact) mass is 515 g/mol. The zero-order valence-corrected chi connectivity index (χ0v) is 25.2. The van der Waals surface area contributed by atoms with Gasteiger partial charge in [0.2, 0.25) is 0 Å². The third kappa shape index (κ3) is 3.62. The topological polar surface area (TPSA) is 72.5 Å². The Hall–Kier alpha value is -0.610. The third-order valence-corrected chi connectivity index (χ3v) is 14.5. The summed E-state index contributed by atoms with van der Waals surface area (Å²) in [5.74, 6) is 3.83. The van der Waals surface area contributed by atoms with Gasteiger partial charge in [0.25, 0.3) is 0 Å². The molecule has 0 aliphatic heterocycles. The second-order valence-corrected chi connectivity index (χ2v) is 16.1. The summed E-state index contributed by atoms with van der Waals surface area (Å²) in [6, 6.07) is 0. The number of rotatable bonds is 4. The molecule has 0 saturated heterocycles. The van der Waals surface area contributed by atoms with E-state index in [1.165, 1.54) is 44.9 Å². The van der Waals surface area contributed by atoms with Crippen LogP contribution in [0.4, 0.5) is 0 Å². The van der Waals surface area contributed by atoms with Crippen molar-refractivity contribution in [3.63, 3.8) is 0 Å². The van der Waals surface area contributed by atoms with Crippen molar-refractivity contribution in [1.29, 1.82) is 0 Å². The fraction of sp³-hybridized carbons (Fsp3) is 0.970. The van der Waals surface area contributed by atoms with Gasteiger partial charge in [-0.25, -0.2) is 0 Å². The summed E-state index contributed by atoms with van der Waals surface area (Å²) in [6.07, 6.45) is 11.8. The zero-order chi connectivity index (χ0) is 27.2. The smallest absolute Gasteiger partial charge is 0.302 e. The van der Waals surface area contributed by atoms with Crippen LogP contribution in [0, 0.1) is 62.6 Å². The molecule has 0 bridgehead atoms. The van der Waals surface area contributed by atoms with Gasteiger partial charge in [-0.2, -0.15) is 0 Å². The minimum absolute atomic E-state index is 0.0128. The Morgan fingerprint density at radius 2 is 1.59 bits per heavy atom. The van der Waals surface area contributed by atoms with Crippen LogP contribution in [0.5, 0.6) is 0 Å². The van der Waals surface area contributed by atoms with Crippen molar-refractivity contribution in [2.45, 2.75) is 132 Å². The summed E-state index contributed by atoms with van der Waals surface area (Å²) >= 11 is 0. The van der Waals surface area contributed by atoms with Crippen molar-refractivity contribution in [3.05, 3.63) is 0 Å². The number of fused-ring (bicyclic) bond motifs is 7. The van der Waals surface area contributed by atoms with Gasteiger partial charge in [-0.15, -0.1) is 0 Å². The average Bonchev–Trinajstić information content (AvgIpc) is 3.22. The lowest BCUT2D eigenvalue weighted by atomic mass is 9.32. The second-order valence-electron chi connectivity index (χ2n) is 16.1. The molecule has 37 heavy (non-hydrogen) atoms. The van der Waals surface area contributed by atoms with Gasteiger partial charge >= 0.3 is 5.97 Å². The van der Waals surface area contributed by atoms with E-state index in [1.807, 2.05) is 0 Å². The molecule has 0 amide bonds. The van der Waals surface area contributed by atoms with Crippen LogP contribution < -0.4 is 5.73 Å². The van der Waals surface area contributed by atoms with E-state index in [9.17, 15) is 9.90 Å². The molecule has 4 heteroatoms. The molecule has 5 aliphatic rings. The molecule has 0 aromatic rings. The van der Waals surface area contributed by atoms with E-state index in [4.69, 9.17) is 10.5 Å². The molecule has 0 aromatic carbocycles. The van der Waals surface area contributed by atoms with Gasteiger partial charge < -0.3 is 15.6 Å². The Morgan fingerprint density at radius 3 is 2.22 bits per heavy atom. The maximum Gasteiger partial charge on any atom is 0.302 e. The van der Waals surface area contributed by atoms with Crippen LogP contribution in [-0.4, -0.2) is 29.8 Å². The van der Waals surface area contributed by atoms with Crippen molar-refractivity contribution in [2.75, 3.05) is 6.54 Å². The van der Waals surface area contributed by atoms with Crippen molar-refractivity contribution in [2.24, 2.45) is 68.3 Å². The van der Waals surface area contributed by atoms with Crippen LogP contribution in [0.2, 0.25) is 0 Å². The Bertz CT molecular complexity index is 900. The first-order chi connectivity index (χ1) is 17.2. The molecule has 0 spiro atoms. The van der Waals surface area contributed by atoms with Gasteiger partial charge in [-0.3, -0.25) is 4.79 Å². The highest BCUT2D eigenvalue weighted by Crippen LogP contribution is 2.77. The fourth-order valence-electron chi connectivity index (χ4n) is 12.6. The summed E-state index contributed by atoms with van der Waals surface area (Å²) in [4.78, 5) is 11.9. The molecule has 0 radical (unpaired) electrons. The molecule has 5 saturated carbocycles. The van der Waals surface area contributed by atoms with Crippen molar-refractivity contribution in [1.82, 2.24) is 0 Å². The van der Waals surface area contributed by atoms with E-state index in [2.05, 4.69) is 48.5 Å². The van der Waals surface area contributed by atoms with Gasteiger partial charge in [-0.1, -0.05) is 48.5 Å². The normalized spacial score (nSPS) is 51.4. The van der Waals surface area contributed by atoms with Crippen LogP contribution >= 0.6 is 0 Å². The Morgan fingerprint density at radius 1 is 0.892 bits per heavy atom. The Kier molecular flexibility index (Phi) is 6.76. The average molecular weight is 516 g/mol. The lowest BCUT2D eigenvalue weighted by molar-refractivity contribution is -0.256. The number of carbonyl (C=O) groups is 1. The van der Waals surface area contributed by atoms with Gasteiger partial charge in [0.05, 0.1) is 6.10 Å². The largest absolute Gasteiger partial charge is 0.462 e. The van der Waals surface area contributed by atoms with E-state index in [-0.39, 0.29) is 29.0 Å². The van der Waals surface area contributed by atoms with Crippen molar-refractivity contribution < 1.29 is 14.6 Å².